The highest BCUT2D eigenvalue weighted by Gasteiger charge is 2.08. The third-order valence-corrected chi connectivity index (χ3v) is 1.37. The Morgan fingerprint density at radius 2 is 2.00 bits per heavy atom. The topological polar surface area (TPSA) is 43.1 Å². The highest BCUT2D eigenvalue weighted by atomic mass is 35.5. The number of benzene rings is 1. The van der Waals surface area contributed by atoms with Crippen LogP contribution in [0.4, 0.5) is 5.69 Å². The maximum Gasteiger partial charge on any atom is 0.287 e. The first kappa shape index (κ1) is 7.02. The second-order valence-electron chi connectivity index (χ2n) is 1.71. The van der Waals surface area contributed by atoms with Crippen LogP contribution in [0.2, 0.25) is 5.02 Å². The first-order chi connectivity index (χ1) is 4.72. The van der Waals surface area contributed by atoms with Gasteiger partial charge in [0.25, 0.3) is 5.69 Å². The number of nitro benzene ring substituents is 1. The van der Waals surface area contributed by atoms with E-state index in [1.807, 2.05) is 0 Å². The van der Waals surface area contributed by atoms with Gasteiger partial charge >= 0.3 is 0 Å². The maximum absolute atomic E-state index is 10.1. The van der Waals surface area contributed by atoms with Crippen LogP contribution in [-0.4, -0.2) is 4.92 Å². The molecule has 0 heterocycles. The molecule has 0 saturated carbocycles. The van der Waals surface area contributed by atoms with Gasteiger partial charge in [-0.1, -0.05) is 23.7 Å². The molecule has 1 rings (SSSR count). The van der Waals surface area contributed by atoms with Gasteiger partial charge < -0.3 is 0 Å². The van der Waals surface area contributed by atoms with Crippen LogP contribution in [0.15, 0.2) is 24.3 Å². The van der Waals surface area contributed by atoms with Gasteiger partial charge in [-0.25, -0.2) is 0 Å². The van der Waals surface area contributed by atoms with Gasteiger partial charge in [-0.15, -0.1) is 0 Å². The minimum Gasteiger partial charge on any atom is -0.258 e. The van der Waals surface area contributed by atoms with Gasteiger partial charge in [0, 0.05) is 6.07 Å². The van der Waals surface area contributed by atoms with E-state index in [1.165, 1.54) is 12.1 Å². The lowest BCUT2D eigenvalue weighted by Gasteiger charge is -1.90. The summed E-state index contributed by atoms with van der Waals surface area (Å²) in [6, 6.07) is 6.07. The summed E-state index contributed by atoms with van der Waals surface area (Å²) in [6.45, 7) is 0. The van der Waals surface area contributed by atoms with Crippen molar-refractivity contribution in [1.82, 2.24) is 0 Å². The summed E-state index contributed by atoms with van der Waals surface area (Å²) >= 11 is 5.48. The fourth-order valence-electron chi connectivity index (χ4n) is 0.600. The molecule has 0 aliphatic rings. The smallest absolute Gasteiger partial charge is 0.258 e. The van der Waals surface area contributed by atoms with Gasteiger partial charge in [0.05, 0.1) is 4.92 Å². The lowest BCUT2D eigenvalue weighted by Crippen LogP contribution is -1.87. The lowest BCUT2D eigenvalue weighted by atomic mass is 12.2. The van der Waals surface area contributed by atoms with Gasteiger partial charge in [0.15, 0.2) is 0 Å². The number of hydrogen-bond donors (Lipinski definition) is 0. The average Bonchev–Trinajstić information content (AvgIpc) is 1.88. The van der Waals surface area contributed by atoms with E-state index in [9.17, 15) is 10.1 Å². The van der Waals surface area contributed by atoms with Crippen LogP contribution in [0.25, 0.3) is 0 Å². The second kappa shape index (κ2) is 2.66. The molecule has 0 saturated heterocycles. The SMILES string of the molecule is O=[N+]([O-])[14c]1[14cH][14cH][14cH][14cH][14c]1Cl. The summed E-state index contributed by atoms with van der Waals surface area (Å²) in [7, 11) is 0. The van der Waals surface area contributed by atoms with Crippen molar-refractivity contribution in [2.24, 2.45) is 0 Å². The standard InChI is InChI=1S/C6H4ClNO2/c7-5-3-1-2-4-6(5)8(9)10/h1-4H/i1+2,2+2,3+2,4+2,5+2,6+2. The normalized spacial score (nSPS) is 9.30. The van der Waals surface area contributed by atoms with Crippen molar-refractivity contribution in [3.8, 4) is 0 Å². The predicted octanol–water partition coefficient (Wildman–Crippen LogP) is 2.25. The van der Waals surface area contributed by atoms with Crippen molar-refractivity contribution in [3.05, 3.63) is 39.4 Å². The average molecular weight is 170 g/mol. The number of nitrogens with zero attached hydrogens (tertiary/aromatic N) is 1. The Morgan fingerprint density at radius 3 is 2.40 bits per heavy atom. The first-order valence-electron chi connectivity index (χ1n) is 2.61. The third kappa shape index (κ3) is 1.25. The summed E-state index contributed by atoms with van der Waals surface area (Å²) in [5, 5.41) is 10.3. The number of hydrogen-bond acceptors (Lipinski definition) is 2. The summed E-state index contributed by atoms with van der Waals surface area (Å²) in [4.78, 5) is 9.63. The molecule has 4 heteroatoms. The molecule has 10 heavy (non-hydrogen) atoms. The summed E-state index contributed by atoms with van der Waals surface area (Å²) in [5.41, 5.74) is -0.0517. The van der Waals surface area contributed by atoms with Gasteiger partial charge in [-0.3, -0.25) is 10.1 Å². The molecule has 0 fully saturated rings. The molecule has 0 aliphatic heterocycles. The van der Waals surface area contributed by atoms with E-state index >= 15 is 0 Å². The quantitative estimate of drug-likeness (QED) is 0.478. The number of rotatable bonds is 1. The van der Waals surface area contributed by atoms with E-state index in [4.69, 9.17) is 11.6 Å². The van der Waals surface area contributed by atoms with E-state index in [-0.39, 0.29) is 10.7 Å². The Morgan fingerprint density at radius 1 is 1.40 bits per heavy atom. The predicted molar refractivity (Wildman–Crippen MR) is 38.1 cm³/mol. The van der Waals surface area contributed by atoms with Crippen LogP contribution in [0, 0.1) is 10.1 Å². The van der Waals surface area contributed by atoms with Crippen LogP contribution >= 0.6 is 11.6 Å². The number of para-hydroxylation sites is 1. The first-order valence-corrected chi connectivity index (χ1v) is 2.98. The zero-order valence-electron chi connectivity index (χ0n) is 4.95. The van der Waals surface area contributed by atoms with Gasteiger partial charge in [-0.2, -0.15) is 0 Å². The molecular formula is C6H4ClNO2. The van der Waals surface area contributed by atoms with Crippen molar-refractivity contribution in [3.63, 3.8) is 0 Å². The van der Waals surface area contributed by atoms with Crippen LogP contribution in [-0.2, 0) is 0 Å². The highest BCUT2D eigenvalue weighted by molar-refractivity contribution is 6.32. The minimum atomic E-state index is -0.512. The van der Waals surface area contributed by atoms with Crippen molar-refractivity contribution in [2.75, 3.05) is 0 Å². The Bertz CT molecular complexity index is 262. The Hall–Kier alpha value is -1.09. The third-order valence-electron chi connectivity index (χ3n) is 1.05. The molecule has 0 radical (unpaired) electrons. The maximum atomic E-state index is 10.1. The molecule has 0 aromatic heterocycles. The molecule has 52 valence electrons. The van der Waals surface area contributed by atoms with Crippen LogP contribution in [0.5, 0.6) is 0 Å². The summed E-state index contributed by atoms with van der Waals surface area (Å²) < 4.78 is 0. The molecular weight excluding hydrogens is 165 g/mol. The monoisotopic (exact) mass is 169 g/mol. The van der Waals surface area contributed by atoms with Gasteiger partial charge in [0.1, 0.15) is 5.02 Å². The molecule has 0 bridgehead atoms. The van der Waals surface area contributed by atoms with E-state index in [1.54, 1.807) is 12.1 Å². The lowest BCUT2D eigenvalue weighted by molar-refractivity contribution is -0.384. The molecule has 0 aliphatic carbocycles. The van der Waals surface area contributed by atoms with Crippen molar-refractivity contribution in [2.45, 2.75) is 0 Å². The van der Waals surface area contributed by atoms with Crippen LogP contribution < -0.4 is 0 Å². The zero-order valence-corrected chi connectivity index (χ0v) is 5.71. The summed E-state index contributed by atoms with van der Waals surface area (Å²) in [6.07, 6.45) is 0. The fourth-order valence-corrected chi connectivity index (χ4v) is 0.805. The molecule has 0 amide bonds. The molecule has 0 spiro atoms. The fraction of sp³-hybridized carbons (Fsp3) is 0. The van der Waals surface area contributed by atoms with Gasteiger partial charge in [-0.05, 0) is 6.07 Å². The van der Waals surface area contributed by atoms with Crippen molar-refractivity contribution >= 4 is 17.3 Å². The molecule has 1 aromatic rings. The molecule has 1 aromatic carbocycles. The Balaban J connectivity index is 3.15. The second-order valence-corrected chi connectivity index (χ2v) is 2.12. The van der Waals surface area contributed by atoms with Crippen LogP contribution in [0.1, 0.15) is 0 Å². The van der Waals surface area contributed by atoms with Crippen molar-refractivity contribution in [1.29, 1.82) is 0 Å². The molecule has 0 N–H and O–H groups in total. The van der Waals surface area contributed by atoms with E-state index in [0.29, 0.717) is 0 Å². The van der Waals surface area contributed by atoms with E-state index in [0.717, 1.165) is 0 Å². The minimum absolute atomic E-state index is 0.0517. The Kier molecular flexibility index (Phi) is 1.87. The number of halogens is 1. The number of nitro groups is 1. The van der Waals surface area contributed by atoms with Crippen molar-refractivity contribution < 1.29 is 4.92 Å². The highest BCUT2D eigenvalue weighted by Crippen LogP contribution is 2.21. The summed E-state index contributed by atoms with van der Waals surface area (Å²) in [5.74, 6) is 0. The van der Waals surface area contributed by atoms with Crippen LogP contribution in [0.3, 0.4) is 0 Å². The largest absolute Gasteiger partial charge is 0.287 e. The Labute approximate surface area is 62.4 Å². The molecule has 3 nitrogen and oxygen atoms in total. The molecule has 0 atom stereocenters. The van der Waals surface area contributed by atoms with Gasteiger partial charge in [0.2, 0.25) is 0 Å². The molecule has 0 unspecified atom stereocenters. The van der Waals surface area contributed by atoms with E-state index < -0.39 is 4.92 Å². The van der Waals surface area contributed by atoms with E-state index in [2.05, 4.69) is 0 Å². The zero-order chi connectivity index (χ0) is 7.56.